The molecule has 1 unspecified atom stereocenters. The highest BCUT2D eigenvalue weighted by Gasteiger charge is 2.34. The van der Waals surface area contributed by atoms with Crippen molar-refractivity contribution in [3.8, 4) is 0 Å². The second-order valence-corrected chi connectivity index (χ2v) is 9.21. The second-order valence-electron chi connectivity index (χ2n) is 9.21. The van der Waals surface area contributed by atoms with Gasteiger partial charge < -0.3 is 20.1 Å². The molecule has 1 aliphatic heterocycles. The molecule has 2 heterocycles. The van der Waals surface area contributed by atoms with Crippen molar-refractivity contribution in [3.63, 3.8) is 0 Å². The van der Waals surface area contributed by atoms with Crippen LogP contribution in [0.15, 0.2) is 36.9 Å². The lowest BCUT2D eigenvalue weighted by atomic mass is 9.86. The zero-order valence-electron chi connectivity index (χ0n) is 19.2. The van der Waals surface area contributed by atoms with Crippen LogP contribution in [0.4, 0.5) is 0 Å². The van der Waals surface area contributed by atoms with Gasteiger partial charge in [-0.1, -0.05) is 57.7 Å². The Kier molecular flexibility index (Phi) is 6.65. The van der Waals surface area contributed by atoms with E-state index < -0.39 is 11.5 Å². The van der Waals surface area contributed by atoms with E-state index in [1.165, 1.54) is 0 Å². The molecule has 1 aliphatic rings. The van der Waals surface area contributed by atoms with Crippen molar-refractivity contribution >= 4 is 17.4 Å². The Labute approximate surface area is 184 Å². The summed E-state index contributed by atoms with van der Waals surface area (Å²) in [7, 11) is 3.62. The fraction of sp³-hybridized carbons (Fsp3) is 0.458. The highest BCUT2D eigenvalue weighted by Crippen LogP contribution is 2.27. The van der Waals surface area contributed by atoms with Gasteiger partial charge in [0.2, 0.25) is 5.91 Å². The van der Waals surface area contributed by atoms with Gasteiger partial charge >= 0.3 is 0 Å². The van der Waals surface area contributed by atoms with Crippen molar-refractivity contribution in [1.82, 2.24) is 25.1 Å². The normalized spacial score (nSPS) is 15.5. The first kappa shape index (κ1) is 22.7. The molecule has 0 saturated carbocycles. The molecule has 0 saturated heterocycles. The van der Waals surface area contributed by atoms with E-state index in [1.807, 2.05) is 58.2 Å². The smallest absolute Gasteiger partial charge is 0.272 e. The Balaban J connectivity index is 2.03. The lowest BCUT2D eigenvalue weighted by Gasteiger charge is -2.29. The first-order chi connectivity index (χ1) is 14.6. The number of imidazole rings is 1. The Morgan fingerprint density at radius 1 is 1.16 bits per heavy atom. The van der Waals surface area contributed by atoms with Crippen LogP contribution >= 0.6 is 0 Å². The minimum absolute atomic E-state index is 0.225. The Morgan fingerprint density at radius 2 is 1.84 bits per heavy atom. The summed E-state index contributed by atoms with van der Waals surface area (Å²) in [4.78, 5) is 32.8. The van der Waals surface area contributed by atoms with Crippen molar-refractivity contribution < 1.29 is 9.59 Å². The number of rotatable bonds is 5. The van der Waals surface area contributed by atoms with E-state index in [2.05, 4.69) is 26.7 Å². The predicted molar refractivity (Wildman–Crippen MR) is 123 cm³/mol. The lowest BCUT2D eigenvalue weighted by molar-refractivity contribution is -0.124. The van der Waals surface area contributed by atoms with Gasteiger partial charge in [-0.15, -0.1) is 0 Å². The van der Waals surface area contributed by atoms with Crippen molar-refractivity contribution in [1.29, 1.82) is 0 Å². The summed E-state index contributed by atoms with van der Waals surface area (Å²) in [5, 5.41) is 5.58. The Bertz CT molecular complexity index is 972. The molecule has 0 spiro atoms. The van der Waals surface area contributed by atoms with Crippen molar-refractivity contribution in [2.45, 2.75) is 46.3 Å². The minimum atomic E-state index is -0.674. The van der Waals surface area contributed by atoms with Crippen LogP contribution in [-0.4, -0.2) is 52.9 Å². The van der Waals surface area contributed by atoms with Gasteiger partial charge in [-0.05, 0) is 31.0 Å². The quantitative estimate of drug-likeness (QED) is 0.775. The van der Waals surface area contributed by atoms with Crippen molar-refractivity contribution in [3.05, 3.63) is 59.7 Å². The molecule has 1 aromatic heterocycles. The van der Waals surface area contributed by atoms with Crippen molar-refractivity contribution in [2.24, 2.45) is 5.41 Å². The van der Waals surface area contributed by atoms with Crippen LogP contribution in [0.3, 0.4) is 0 Å². The largest absolute Gasteiger partial charge is 0.357 e. The van der Waals surface area contributed by atoms with Gasteiger partial charge in [0.25, 0.3) is 5.91 Å². The summed E-state index contributed by atoms with van der Waals surface area (Å²) in [6.07, 6.45) is 0.957. The third-order valence-corrected chi connectivity index (χ3v) is 5.67. The van der Waals surface area contributed by atoms with E-state index in [9.17, 15) is 9.59 Å². The summed E-state index contributed by atoms with van der Waals surface area (Å²) in [5.74, 6) is 0.140. The summed E-state index contributed by atoms with van der Waals surface area (Å²) in [6.45, 7) is 12.4. The lowest BCUT2D eigenvalue weighted by Crippen LogP contribution is -2.53. The zero-order valence-corrected chi connectivity index (χ0v) is 19.2. The van der Waals surface area contributed by atoms with Gasteiger partial charge in [-0.2, -0.15) is 0 Å². The molecule has 7 heteroatoms. The highest BCUT2D eigenvalue weighted by atomic mass is 16.2. The number of aromatic nitrogens is 2. The molecule has 2 aromatic rings. The summed E-state index contributed by atoms with van der Waals surface area (Å²) in [5.41, 5.74) is 2.52. The molecule has 0 bridgehead atoms. The van der Waals surface area contributed by atoms with Gasteiger partial charge in [0, 0.05) is 25.7 Å². The average molecular weight is 424 g/mol. The number of hydrogen-bond donors (Lipinski definition) is 2. The van der Waals surface area contributed by atoms with Crippen molar-refractivity contribution in [2.75, 3.05) is 20.6 Å². The maximum Gasteiger partial charge on any atom is 0.272 e. The van der Waals surface area contributed by atoms with E-state index in [4.69, 9.17) is 4.98 Å². The Hall–Kier alpha value is -2.93. The monoisotopic (exact) mass is 423 g/mol. The van der Waals surface area contributed by atoms with Crippen LogP contribution in [0.25, 0.3) is 5.57 Å². The van der Waals surface area contributed by atoms with Gasteiger partial charge in [-0.3, -0.25) is 9.59 Å². The molecule has 3 rings (SSSR count). The molecule has 1 atom stereocenters. The molecular formula is C24H33N5O2. The number of likely N-dealkylation sites (N-methyl/N-ethyl adjacent to an activating group) is 1. The minimum Gasteiger partial charge on any atom is -0.357 e. The van der Waals surface area contributed by atoms with Crippen LogP contribution < -0.4 is 10.6 Å². The third kappa shape index (κ3) is 4.88. The van der Waals surface area contributed by atoms with E-state index in [0.29, 0.717) is 18.1 Å². The van der Waals surface area contributed by atoms with Crippen LogP contribution in [0.5, 0.6) is 0 Å². The molecular weight excluding hydrogens is 390 g/mol. The Morgan fingerprint density at radius 3 is 2.45 bits per heavy atom. The van der Waals surface area contributed by atoms with Gasteiger partial charge in [0.1, 0.15) is 11.9 Å². The number of carbonyl (C=O) groups excluding carboxylic acids is 2. The van der Waals surface area contributed by atoms with Crippen LogP contribution in [0.2, 0.25) is 0 Å². The van der Waals surface area contributed by atoms with Gasteiger partial charge in [0.15, 0.2) is 5.69 Å². The molecule has 0 fully saturated rings. The maximum absolute atomic E-state index is 13.4. The molecule has 0 aliphatic carbocycles. The van der Waals surface area contributed by atoms with E-state index >= 15 is 0 Å². The van der Waals surface area contributed by atoms with Gasteiger partial charge in [0.05, 0.1) is 5.69 Å². The van der Waals surface area contributed by atoms with Crippen LogP contribution in [0, 0.1) is 5.41 Å². The third-order valence-electron chi connectivity index (χ3n) is 5.67. The van der Waals surface area contributed by atoms with Crippen LogP contribution in [0.1, 0.15) is 54.8 Å². The van der Waals surface area contributed by atoms with Gasteiger partial charge in [-0.25, -0.2) is 4.98 Å². The highest BCUT2D eigenvalue weighted by molar-refractivity contribution is 5.98. The zero-order chi connectivity index (χ0) is 22.8. The fourth-order valence-electron chi connectivity index (χ4n) is 3.92. The summed E-state index contributed by atoms with van der Waals surface area (Å²) in [6, 6.07) is 9.20. The molecule has 1 aromatic carbocycles. The molecule has 2 N–H and O–H groups in total. The summed E-state index contributed by atoms with van der Waals surface area (Å²) < 4.78 is 2.11. The second kappa shape index (κ2) is 9.06. The number of nitrogens with one attached hydrogen (secondary N) is 2. The van der Waals surface area contributed by atoms with E-state index in [-0.39, 0.29) is 11.8 Å². The average Bonchev–Trinajstić information content (AvgIpc) is 2.97. The predicted octanol–water partition coefficient (Wildman–Crippen LogP) is 2.67. The number of amides is 2. The van der Waals surface area contributed by atoms with E-state index in [1.54, 1.807) is 7.05 Å². The summed E-state index contributed by atoms with van der Waals surface area (Å²) >= 11 is 0. The number of nitrogens with zero attached hydrogens (tertiary/aromatic N) is 3. The SMILES string of the molecule is C=C(c1ccccc1)c1nc(C(=O)NC(C(=O)NC)C(C)(C)C)c2n1CCCN(C)C2. The fourth-order valence-corrected chi connectivity index (χ4v) is 3.92. The molecule has 7 nitrogen and oxygen atoms in total. The first-order valence-corrected chi connectivity index (χ1v) is 10.7. The number of hydrogen-bond acceptors (Lipinski definition) is 4. The number of carbonyl (C=O) groups is 2. The molecule has 166 valence electrons. The molecule has 0 radical (unpaired) electrons. The maximum atomic E-state index is 13.4. The number of benzene rings is 1. The van der Waals surface area contributed by atoms with E-state index in [0.717, 1.165) is 36.3 Å². The topological polar surface area (TPSA) is 79.3 Å². The number of fused-ring (bicyclic) bond motifs is 1. The standard InChI is InChI=1S/C24H33N5O2/c1-16(17-11-8-7-9-12-17)21-26-19(18-15-28(6)13-10-14-29(18)21)22(30)27-20(23(31)25-5)24(2,3)4/h7-9,11-12,20H,1,10,13-15H2,2-6H3,(H,25,31)(H,27,30). The molecule has 2 amide bonds. The van der Waals surface area contributed by atoms with Crippen LogP contribution in [-0.2, 0) is 17.9 Å². The molecule has 31 heavy (non-hydrogen) atoms. The first-order valence-electron chi connectivity index (χ1n) is 10.7.